The molecule has 2 amide bonds. The zero-order chi connectivity index (χ0) is 21.9. The highest BCUT2D eigenvalue weighted by Crippen LogP contribution is 2.24. The number of hydrogen-bond donors (Lipinski definition) is 3. The molecule has 2 aromatic carbocycles. The van der Waals surface area contributed by atoms with Crippen molar-refractivity contribution in [1.29, 1.82) is 0 Å². The van der Waals surface area contributed by atoms with Crippen molar-refractivity contribution in [1.82, 2.24) is 16.2 Å². The lowest BCUT2D eigenvalue weighted by Gasteiger charge is -2.14. The van der Waals surface area contributed by atoms with E-state index in [9.17, 15) is 9.59 Å². The summed E-state index contributed by atoms with van der Waals surface area (Å²) in [5.74, 6) is -0.283. The molecule has 0 unspecified atom stereocenters. The number of carbonyl (C=O) groups excluding carboxylic acids is 2. The second-order valence-corrected chi connectivity index (χ2v) is 7.39. The number of methoxy groups -OCH3 is 1. The Morgan fingerprint density at radius 2 is 1.83 bits per heavy atom. The van der Waals surface area contributed by atoms with Crippen LogP contribution in [0.1, 0.15) is 10.4 Å². The van der Waals surface area contributed by atoms with Gasteiger partial charge in [-0.2, -0.15) is 0 Å². The molecule has 160 valence electrons. The molecule has 0 fully saturated rings. The molecule has 0 saturated heterocycles. The Labute approximate surface area is 192 Å². The van der Waals surface area contributed by atoms with Gasteiger partial charge in [0.25, 0.3) is 11.8 Å². The molecule has 0 heterocycles. The molecule has 0 saturated carbocycles. The number of nitrogens with one attached hydrogen (secondary N) is 3. The number of thiocarbonyl (C=S) groups is 1. The Bertz CT molecular complexity index is 915. The Balaban J connectivity index is 1.84. The van der Waals surface area contributed by atoms with Gasteiger partial charge in [0.05, 0.1) is 17.2 Å². The van der Waals surface area contributed by atoms with Crippen LogP contribution in [0.4, 0.5) is 0 Å². The molecule has 8 nitrogen and oxygen atoms in total. The maximum Gasteiger partial charge on any atom is 0.276 e. The zero-order valence-electron chi connectivity index (χ0n) is 15.9. The van der Waals surface area contributed by atoms with E-state index in [0.29, 0.717) is 27.6 Å². The van der Waals surface area contributed by atoms with Gasteiger partial charge in [0.1, 0.15) is 18.1 Å². The van der Waals surface area contributed by atoms with Crippen molar-refractivity contribution in [3.8, 4) is 11.5 Å². The first-order chi connectivity index (χ1) is 14.4. The minimum Gasteiger partial charge on any atom is -0.490 e. The summed E-state index contributed by atoms with van der Waals surface area (Å²) in [7, 11) is 1.55. The topological polar surface area (TPSA) is 97.9 Å². The van der Waals surface area contributed by atoms with Crippen molar-refractivity contribution in [2.75, 3.05) is 26.9 Å². The Morgan fingerprint density at radius 1 is 1.07 bits per heavy atom. The summed E-state index contributed by atoms with van der Waals surface area (Å²) in [5.41, 5.74) is 5.02. The van der Waals surface area contributed by atoms with E-state index >= 15 is 0 Å². The summed E-state index contributed by atoms with van der Waals surface area (Å²) >= 11 is 14.3. The highest BCUT2D eigenvalue weighted by molar-refractivity contribution is 9.10. The summed E-state index contributed by atoms with van der Waals surface area (Å²) < 4.78 is 16.5. The number of amides is 2. The quantitative estimate of drug-likeness (QED) is 0.282. The van der Waals surface area contributed by atoms with E-state index in [-0.39, 0.29) is 23.9 Å². The molecule has 0 aliphatic carbocycles. The fourth-order valence-electron chi connectivity index (χ4n) is 2.11. The molecule has 3 N–H and O–H groups in total. The molecule has 0 spiro atoms. The molecule has 0 radical (unpaired) electrons. The third-order valence-electron chi connectivity index (χ3n) is 3.47. The summed E-state index contributed by atoms with van der Waals surface area (Å²) in [5, 5.41) is 2.75. The second kappa shape index (κ2) is 12.3. The monoisotopic (exact) mass is 515 g/mol. The molecular formula is C19H19BrClN3O5S. The second-order valence-electron chi connectivity index (χ2n) is 5.66. The standard InChI is InChI=1S/C19H19BrClN3O5S/c1-27-8-9-28-15-7-6-12(20)10-13(15)18(26)22-19(30)24-23-17(25)11-29-16-5-3-2-4-14(16)21/h2-7,10H,8-9,11H2,1H3,(H,23,25)(H2,22,24,26,30). The zero-order valence-corrected chi connectivity index (χ0v) is 19.0. The molecule has 30 heavy (non-hydrogen) atoms. The summed E-state index contributed by atoms with van der Waals surface area (Å²) in [6.45, 7) is 0.360. The third-order valence-corrected chi connectivity index (χ3v) is 4.48. The van der Waals surface area contributed by atoms with Crippen LogP contribution in [0.5, 0.6) is 11.5 Å². The van der Waals surface area contributed by atoms with Crippen molar-refractivity contribution in [2.45, 2.75) is 0 Å². The van der Waals surface area contributed by atoms with Crippen molar-refractivity contribution < 1.29 is 23.8 Å². The van der Waals surface area contributed by atoms with Crippen LogP contribution >= 0.6 is 39.7 Å². The van der Waals surface area contributed by atoms with E-state index < -0.39 is 11.8 Å². The van der Waals surface area contributed by atoms with Gasteiger partial charge in [0.15, 0.2) is 11.7 Å². The fraction of sp³-hybridized carbons (Fsp3) is 0.211. The number of benzene rings is 2. The molecule has 0 aromatic heterocycles. The van der Waals surface area contributed by atoms with E-state index in [4.69, 9.17) is 38.0 Å². The smallest absolute Gasteiger partial charge is 0.276 e. The average Bonchev–Trinajstić information content (AvgIpc) is 2.72. The first kappa shape index (κ1) is 23.9. The van der Waals surface area contributed by atoms with Crippen LogP contribution in [0, 0.1) is 0 Å². The van der Waals surface area contributed by atoms with Crippen molar-refractivity contribution in [2.24, 2.45) is 0 Å². The molecule has 11 heteroatoms. The Kier molecular flexibility index (Phi) is 9.81. The normalized spacial score (nSPS) is 10.1. The largest absolute Gasteiger partial charge is 0.490 e. The Hall–Kier alpha value is -2.40. The average molecular weight is 517 g/mol. The van der Waals surface area contributed by atoms with Crippen molar-refractivity contribution in [3.05, 3.63) is 57.5 Å². The number of rotatable bonds is 8. The van der Waals surface area contributed by atoms with Gasteiger partial charge in [-0.05, 0) is 42.5 Å². The van der Waals surface area contributed by atoms with Gasteiger partial charge in [-0.25, -0.2) is 0 Å². The Morgan fingerprint density at radius 3 is 2.57 bits per heavy atom. The van der Waals surface area contributed by atoms with Crippen LogP contribution < -0.4 is 25.6 Å². The molecule has 0 bridgehead atoms. The van der Waals surface area contributed by atoms with Crippen molar-refractivity contribution in [3.63, 3.8) is 0 Å². The number of para-hydroxylation sites is 1. The number of hydrazine groups is 1. The van der Waals surface area contributed by atoms with Crippen LogP contribution in [0.3, 0.4) is 0 Å². The van der Waals surface area contributed by atoms with Gasteiger partial charge in [-0.3, -0.25) is 25.8 Å². The molecule has 0 aliphatic heterocycles. The predicted molar refractivity (Wildman–Crippen MR) is 120 cm³/mol. The molecule has 2 rings (SSSR count). The van der Waals surface area contributed by atoms with Crippen LogP contribution in [0.2, 0.25) is 5.02 Å². The fourth-order valence-corrected chi connectivity index (χ4v) is 2.80. The van der Waals surface area contributed by atoms with Gasteiger partial charge >= 0.3 is 0 Å². The molecular weight excluding hydrogens is 498 g/mol. The van der Waals surface area contributed by atoms with Crippen LogP contribution in [0.15, 0.2) is 46.9 Å². The summed E-state index contributed by atoms with van der Waals surface area (Å²) in [4.78, 5) is 24.4. The minimum absolute atomic E-state index is 0.103. The first-order valence-corrected chi connectivity index (χ1v) is 10.2. The summed E-state index contributed by atoms with van der Waals surface area (Å²) in [6.07, 6.45) is 0. The lowest BCUT2D eigenvalue weighted by Crippen LogP contribution is -2.49. The van der Waals surface area contributed by atoms with E-state index in [1.54, 1.807) is 49.6 Å². The molecule has 0 aliphatic rings. The highest BCUT2D eigenvalue weighted by Gasteiger charge is 2.15. The highest BCUT2D eigenvalue weighted by atomic mass is 79.9. The number of ether oxygens (including phenoxy) is 3. The van der Waals surface area contributed by atoms with Crippen LogP contribution in [-0.4, -0.2) is 43.9 Å². The van der Waals surface area contributed by atoms with E-state index in [1.165, 1.54) is 0 Å². The van der Waals surface area contributed by atoms with Crippen LogP contribution in [-0.2, 0) is 9.53 Å². The molecule has 0 atom stereocenters. The van der Waals surface area contributed by atoms with Gasteiger partial charge in [-0.1, -0.05) is 39.7 Å². The van der Waals surface area contributed by atoms with Gasteiger partial charge in [0.2, 0.25) is 0 Å². The minimum atomic E-state index is -0.516. The first-order valence-electron chi connectivity index (χ1n) is 8.59. The lowest BCUT2D eigenvalue weighted by atomic mass is 10.2. The van der Waals surface area contributed by atoms with E-state index in [1.807, 2.05) is 0 Å². The van der Waals surface area contributed by atoms with E-state index in [0.717, 1.165) is 0 Å². The summed E-state index contributed by atoms with van der Waals surface area (Å²) in [6, 6.07) is 11.8. The van der Waals surface area contributed by atoms with Gasteiger partial charge < -0.3 is 14.2 Å². The molecule has 2 aromatic rings. The number of carbonyl (C=O) groups is 2. The number of halogens is 2. The lowest BCUT2D eigenvalue weighted by molar-refractivity contribution is -0.123. The predicted octanol–water partition coefficient (Wildman–Crippen LogP) is 2.84. The van der Waals surface area contributed by atoms with E-state index in [2.05, 4.69) is 32.1 Å². The van der Waals surface area contributed by atoms with Gasteiger partial charge in [0, 0.05) is 11.6 Å². The van der Waals surface area contributed by atoms with Gasteiger partial charge in [-0.15, -0.1) is 0 Å². The van der Waals surface area contributed by atoms with Crippen LogP contribution in [0.25, 0.3) is 0 Å². The number of hydrogen-bond acceptors (Lipinski definition) is 6. The third kappa shape index (κ3) is 7.79. The van der Waals surface area contributed by atoms with Crippen molar-refractivity contribution >= 4 is 56.7 Å². The maximum atomic E-state index is 12.5. The maximum absolute atomic E-state index is 12.5. The SMILES string of the molecule is COCCOc1ccc(Br)cc1C(=O)NC(=S)NNC(=O)COc1ccccc1Cl.